The van der Waals surface area contributed by atoms with Gasteiger partial charge in [0.15, 0.2) is 0 Å². The summed E-state index contributed by atoms with van der Waals surface area (Å²) in [6.07, 6.45) is 1.73. The number of ether oxygens (including phenoxy) is 1. The van der Waals surface area contributed by atoms with Crippen molar-refractivity contribution in [1.29, 1.82) is 0 Å². The first-order valence-electron chi connectivity index (χ1n) is 8.04. The van der Waals surface area contributed by atoms with Gasteiger partial charge in [0, 0.05) is 16.0 Å². The highest BCUT2D eigenvalue weighted by Crippen LogP contribution is 2.28. The van der Waals surface area contributed by atoms with Gasteiger partial charge in [0.25, 0.3) is 0 Å². The molecule has 0 saturated carbocycles. The number of nitrogens with one attached hydrogen (secondary N) is 1. The molecule has 2 aromatic rings. The first kappa shape index (κ1) is 19.6. The molecule has 0 atom stereocenters. The highest BCUT2D eigenvalue weighted by atomic mass is 79.9. The van der Waals surface area contributed by atoms with Crippen LogP contribution in [0.15, 0.2) is 34.8 Å². The van der Waals surface area contributed by atoms with Crippen LogP contribution < -0.4 is 10.1 Å². The number of aromatic carboxylic acids is 1. The second-order valence-corrected chi connectivity index (χ2v) is 7.13. The van der Waals surface area contributed by atoms with Gasteiger partial charge in [-0.25, -0.2) is 4.79 Å². The molecule has 4 nitrogen and oxygen atoms in total. The lowest BCUT2D eigenvalue weighted by molar-refractivity contribution is 0.0697. The predicted molar refractivity (Wildman–Crippen MR) is 105 cm³/mol. The van der Waals surface area contributed by atoms with Crippen molar-refractivity contribution in [2.24, 2.45) is 0 Å². The molecule has 134 valence electrons. The van der Waals surface area contributed by atoms with E-state index in [1.807, 2.05) is 38.1 Å². The van der Waals surface area contributed by atoms with Crippen LogP contribution in [0.2, 0.25) is 5.02 Å². The number of hydrogen-bond donors (Lipinski definition) is 2. The van der Waals surface area contributed by atoms with Gasteiger partial charge < -0.3 is 15.2 Å². The maximum Gasteiger partial charge on any atom is 0.337 e. The van der Waals surface area contributed by atoms with Crippen molar-refractivity contribution < 1.29 is 14.6 Å². The van der Waals surface area contributed by atoms with Crippen molar-refractivity contribution in [3.8, 4) is 5.75 Å². The van der Waals surface area contributed by atoms with Crippen molar-refractivity contribution in [2.45, 2.75) is 26.7 Å². The molecule has 0 unspecified atom stereocenters. The number of hydrogen-bond acceptors (Lipinski definition) is 3. The van der Waals surface area contributed by atoms with Crippen LogP contribution >= 0.6 is 27.5 Å². The van der Waals surface area contributed by atoms with Gasteiger partial charge in [0.2, 0.25) is 0 Å². The summed E-state index contributed by atoms with van der Waals surface area (Å²) >= 11 is 9.42. The Hall–Kier alpha value is -1.72. The van der Waals surface area contributed by atoms with E-state index in [-0.39, 0.29) is 5.56 Å². The summed E-state index contributed by atoms with van der Waals surface area (Å²) in [5, 5.41) is 13.3. The molecule has 0 fully saturated rings. The number of rotatable bonds is 8. The Labute approximate surface area is 161 Å². The summed E-state index contributed by atoms with van der Waals surface area (Å²) in [5.41, 5.74) is 2.79. The van der Waals surface area contributed by atoms with Crippen LogP contribution in [0.4, 0.5) is 5.69 Å². The Morgan fingerprint density at radius 1 is 1.24 bits per heavy atom. The van der Waals surface area contributed by atoms with Gasteiger partial charge in [-0.15, -0.1) is 0 Å². The molecule has 0 aromatic heterocycles. The van der Waals surface area contributed by atoms with Crippen molar-refractivity contribution in [3.05, 3.63) is 56.5 Å². The third-order valence-corrected chi connectivity index (χ3v) is 4.79. The molecule has 2 N–H and O–H groups in total. The van der Waals surface area contributed by atoms with Crippen molar-refractivity contribution in [1.82, 2.24) is 0 Å². The first-order valence-corrected chi connectivity index (χ1v) is 9.22. The molecule has 0 heterocycles. The van der Waals surface area contributed by atoms with Crippen LogP contribution in [0.3, 0.4) is 0 Å². The lowest BCUT2D eigenvalue weighted by atomic mass is 10.1. The number of anilines is 1. The average Bonchev–Trinajstić information content (AvgIpc) is 2.55. The second-order valence-electron chi connectivity index (χ2n) is 5.87. The third-order valence-electron chi connectivity index (χ3n) is 3.74. The van der Waals surface area contributed by atoms with Crippen LogP contribution in [0.25, 0.3) is 0 Å². The van der Waals surface area contributed by atoms with Crippen LogP contribution in [0.5, 0.6) is 5.75 Å². The first-order chi connectivity index (χ1) is 11.9. The van der Waals surface area contributed by atoms with Gasteiger partial charge in [0.1, 0.15) is 5.75 Å². The number of unbranched alkanes of at least 4 members (excludes halogenated alkanes) is 1. The van der Waals surface area contributed by atoms with E-state index in [1.54, 1.807) is 6.07 Å². The SMILES string of the molecule is Cc1cc(Br)c(NCCCCOc2ccc(Cl)c(C)c2)c(C(=O)O)c1. The number of carboxylic acids is 1. The standard InChI is InChI=1S/C19H21BrClNO3/c1-12-9-15(19(23)24)18(16(20)10-12)22-7-3-4-8-25-14-5-6-17(21)13(2)11-14/h5-6,9-11,22H,3-4,7-8H2,1-2H3,(H,23,24). The number of carboxylic acid groups (broad SMARTS) is 1. The summed E-state index contributed by atoms with van der Waals surface area (Å²) in [4.78, 5) is 11.4. The Morgan fingerprint density at radius 3 is 2.68 bits per heavy atom. The molecule has 25 heavy (non-hydrogen) atoms. The fourth-order valence-corrected chi connectivity index (χ4v) is 3.26. The zero-order valence-corrected chi connectivity index (χ0v) is 16.6. The molecule has 0 aliphatic rings. The van der Waals surface area contributed by atoms with Gasteiger partial charge in [-0.3, -0.25) is 0 Å². The van der Waals surface area contributed by atoms with E-state index in [9.17, 15) is 9.90 Å². The molecule has 6 heteroatoms. The maximum atomic E-state index is 11.4. The van der Waals surface area contributed by atoms with Crippen molar-refractivity contribution in [3.63, 3.8) is 0 Å². The normalized spacial score (nSPS) is 10.6. The van der Waals surface area contributed by atoms with E-state index < -0.39 is 5.97 Å². The minimum atomic E-state index is -0.937. The lowest BCUT2D eigenvalue weighted by Crippen LogP contribution is -2.10. The van der Waals surface area contributed by atoms with Crippen LogP contribution in [-0.4, -0.2) is 24.2 Å². The summed E-state index contributed by atoms with van der Waals surface area (Å²) < 4.78 is 6.47. The maximum absolute atomic E-state index is 11.4. The number of benzene rings is 2. The Balaban J connectivity index is 1.80. The van der Waals surface area contributed by atoms with E-state index >= 15 is 0 Å². The number of halogens is 2. The molecule has 0 aliphatic heterocycles. The van der Waals surface area contributed by atoms with Gasteiger partial charge in [-0.2, -0.15) is 0 Å². The molecule has 2 rings (SSSR count). The second kappa shape index (κ2) is 9.11. The minimum Gasteiger partial charge on any atom is -0.494 e. The molecule has 0 amide bonds. The molecule has 0 radical (unpaired) electrons. The Bertz CT molecular complexity index is 765. The number of aryl methyl sites for hydroxylation is 2. The van der Waals surface area contributed by atoms with E-state index in [0.717, 1.165) is 39.2 Å². The smallest absolute Gasteiger partial charge is 0.337 e. The Morgan fingerprint density at radius 2 is 2.00 bits per heavy atom. The summed E-state index contributed by atoms with van der Waals surface area (Å²) in [7, 11) is 0. The average molecular weight is 427 g/mol. The van der Waals surface area contributed by atoms with Crippen molar-refractivity contribution >= 4 is 39.2 Å². The molecule has 0 saturated heterocycles. The molecule has 0 aliphatic carbocycles. The molecular formula is C19H21BrClNO3. The van der Waals surface area contributed by atoms with Crippen LogP contribution in [0, 0.1) is 13.8 Å². The fraction of sp³-hybridized carbons (Fsp3) is 0.316. The topological polar surface area (TPSA) is 58.6 Å². The van der Waals surface area contributed by atoms with E-state index in [0.29, 0.717) is 18.8 Å². The number of carbonyl (C=O) groups is 1. The quantitative estimate of drug-likeness (QED) is 0.532. The zero-order valence-electron chi connectivity index (χ0n) is 14.2. The third kappa shape index (κ3) is 5.65. The van der Waals surface area contributed by atoms with Crippen LogP contribution in [0.1, 0.15) is 34.3 Å². The summed E-state index contributed by atoms with van der Waals surface area (Å²) in [6.45, 7) is 5.09. The molecule has 2 aromatic carbocycles. The van der Waals surface area contributed by atoms with E-state index in [1.165, 1.54) is 0 Å². The predicted octanol–water partition coefficient (Wildman–Crippen LogP) is 5.69. The fourth-order valence-electron chi connectivity index (χ4n) is 2.43. The van der Waals surface area contributed by atoms with E-state index in [2.05, 4.69) is 21.2 Å². The molecular weight excluding hydrogens is 406 g/mol. The van der Waals surface area contributed by atoms with Gasteiger partial charge in [-0.1, -0.05) is 11.6 Å². The van der Waals surface area contributed by atoms with E-state index in [4.69, 9.17) is 16.3 Å². The Kier molecular flexibility index (Phi) is 7.14. The van der Waals surface area contributed by atoms with Gasteiger partial charge in [0.05, 0.1) is 17.9 Å². The van der Waals surface area contributed by atoms with Crippen molar-refractivity contribution in [2.75, 3.05) is 18.5 Å². The minimum absolute atomic E-state index is 0.278. The highest BCUT2D eigenvalue weighted by molar-refractivity contribution is 9.10. The monoisotopic (exact) mass is 425 g/mol. The van der Waals surface area contributed by atoms with Gasteiger partial charge >= 0.3 is 5.97 Å². The summed E-state index contributed by atoms with van der Waals surface area (Å²) in [5.74, 6) is -0.127. The summed E-state index contributed by atoms with van der Waals surface area (Å²) in [6, 6.07) is 9.18. The highest BCUT2D eigenvalue weighted by Gasteiger charge is 2.13. The van der Waals surface area contributed by atoms with Gasteiger partial charge in [-0.05, 0) is 84.1 Å². The lowest BCUT2D eigenvalue weighted by Gasteiger charge is -2.13. The molecule has 0 bridgehead atoms. The van der Waals surface area contributed by atoms with Crippen LogP contribution in [-0.2, 0) is 0 Å². The largest absolute Gasteiger partial charge is 0.494 e. The zero-order chi connectivity index (χ0) is 18.4. The molecule has 0 spiro atoms.